The molecule has 1 aromatic rings. The van der Waals surface area contributed by atoms with E-state index in [4.69, 9.17) is 4.74 Å². The second kappa shape index (κ2) is 7.26. The molecule has 1 aliphatic heterocycles. The van der Waals surface area contributed by atoms with Gasteiger partial charge >= 0.3 is 12.1 Å². The highest BCUT2D eigenvalue weighted by atomic mass is 32.3. The molecule has 0 aliphatic carbocycles. The van der Waals surface area contributed by atoms with Crippen molar-refractivity contribution in [2.45, 2.75) is 57.4 Å². The average molecular weight is 430 g/mol. The molecule has 0 saturated heterocycles. The fourth-order valence-corrected chi connectivity index (χ4v) is 4.70. The molecule has 162 valence electrons. The van der Waals surface area contributed by atoms with Gasteiger partial charge in [-0.3, -0.25) is 19.4 Å². The quantitative estimate of drug-likeness (QED) is 0.556. The van der Waals surface area contributed by atoms with E-state index < -0.39 is 44.4 Å². The number of carbonyl (C=O) groups excluding carboxylic acids is 1. The Morgan fingerprint density at radius 3 is 2.34 bits per heavy atom. The number of nitrogens with zero attached hydrogens (tertiary/aromatic N) is 1. The number of hydrogen-bond acceptors (Lipinski definition) is 6. The summed E-state index contributed by atoms with van der Waals surface area (Å²) in [4.78, 5) is 28.0. The summed E-state index contributed by atoms with van der Waals surface area (Å²) in [5.74, 6) is -2.42. The molecular formula is C19H27FN2O6S. The molecule has 29 heavy (non-hydrogen) atoms. The smallest absolute Gasteiger partial charge is 0.413 e. The molecule has 1 unspecified atom stereocenters. The summed E-state index contributed by atoms with van der Waals surface area (Å²) in [6.45, 7) is 9.47. The molecule has 0 spiro atoms. The van der Waals surface area contributed by atoms with Gasteiger partial charge in [-0.05, 0) is 59.7 Å². The second-order valence-electron chi connectivity index (χ2n) is 8.68. The van der Waals surface area contributed by atoms with Crippen LogP contribution in [0.25, 0.3) is 0 Å². The van der Waals surface area contributed by atoms with Crippen LogP contribution in [0.5, 0.6) is 0 Å². The maximum absolute atomic E-state index is 14.6. The Hall–Kier alpha value is -2.17. The Kier molecular flexibility index (Phi) is 5.79. The number of aliphatic imine (C=N–C) groups is 1. The number of carboxylic acid groups (broad SMARTS) is 1. The molecule has 1 heterocycles. The largest absolute Gasteiger partial charge is 0.478 e. The van der Waals surface area contributed by atoms with Crippen LogP contribution in [-0.4, -0.2) is 48.2 Å². The molecule has 2 rings (SSSR count). The number of carboxylic acids is 1. The molecule has 8 nitrogen and oxygen atoms in total. The van der Waals surface area contributed by atoms with E-state index in [9.17, 15) is 28.2 Å². The SMILES string of the molecule is CC(C)(C)OC(=O)NC1=NC(C)(c2cc(C(=O)O)ccc2F)CS(O)(O)C1(C)C. The first kappa shape index (κ1) is 23.1. The van der Waals surface area contributed by atoms with E-state index in [1.54, 1.807) is 20.8 Å². The Bertz CT molecular complexity index is 878. The van der Waals surface area contributed by atoms with Crippen LogP contribution in [0, 0.1) is 5.82 Å². The number of rotatable bonds is 2. The molecule has 10 heteroatoms. The minimum absolute atomic E-state index is 0.0828. The van der Waals surface area contributed by atoms with Crippen LogP contribution in [0.15, 0.2) is 23.2 Å². The number of amides is 1. The van der Waals surface area contributed by atoms with Crippen LogP contribution in [0.4, 0.5) is 9.18 Å². The van der Waals surface area contributed by atoms with Crippen molar-refractivity contribution in [3.8, 4) is 0 Å². The predicted molar refractivity (Wildman–Crippen MR) is 109 cm³/mol. The fourth-order valence-electron chi connectivity index (χ4n) is 2.93. The van der Waals surface area contributed by atoms with Crippen molar-refractivity contribution in [2.75, 3.05) is 5.75 Å². The number of halogens is 1. The van der Waals surface area contributed by atoms with Crippen LogP contribution in [0.2, 0.25) is 0 Å². The molecule has 1 aliphatic rings. The van der Waals surface area contributed by atoms with Crippen molar-refractivity contribution in [3.63, 3.8) is 0 Å². The summed E-state index contributed by atoms with van der Waals surface area (Å²) in [7, 11) is -3.42. The maximum atomic E-state index is 14.6. The average Bonchev–Trinajstić information content (AvgIpc) is 2.50. The predicted octanol–water partition coefficient (Wildman–Crippen LogP) is 4.21. The highest BCUT2D eigenvalue weighted by Crippen LogP contribution is 2.59. The summed E-state index contributed by atoms with van der Waals surface area (Å²) < 4.78 is 40.1. The van der Waals surface area contributed by atoms with E-state index in [-0.39, 0.29) is 22.7 Å². The van der Waals surface area contributed by atoms with Crippen molar-refractivity contribution in [3.05, 3.63) is 35.1 Å². The van der Waals surface area contributed by atoms with E-state index in [0.717, 1.165) is 18.2 Å². The van der Waals surface area contributed by atoms with E-state index in [2.05, 4.69) is 10.3 Å². The maximum Gasteiger partial charge on any atom is 0.413 e. The number of alkyl carbamates (subject to hydrolysis) is 1. The van der Waals surface area contributed by atoms with Crippen molar-refractivity contribution >= 4 is 28.5 Å². The van der Waals surface area contributed by atoms with Crippen molar-refractivity contribution in [1.82, 2.24) is 5.32 Å². The lowest BCUT2D eigenvalue weighted by Gasteiger charge is -2.53. The van der Waals surface area contributed by atoms with Gasteiger partial charge < -0.3 is 9.84 Å². The van der Waals surface area contributed by atoms with E-state index in [0.29, 0.717) is 0 Å². The highest BCUT2D eigenvalue weighted by molar-refractivity contribution is 8.26. The first-order chi connectivity index (χ1) is 13.0. The third-order valence-corrected chi connectivity index (χ3v) is 7.43. The molecule has 4 N–H and O–H groups in total. The molecule has 0 fully saturated rings. The number of carbonyl (C=O) groups is 2. The lowest BCUT2D eigenvalue weighted by molar-refractivity contribution is 0.0560. The standard InChI is InChI=1S/C19H27FN2O6S/c1-17(2,3)28-16(25)21-15-18(4,5)29(26,27)10-19(6,22-15)12-9-11(14(23)24)7-8-13(12)20/h7-9,26-27H,10H2,1-6H3,(H,23,24)(H,21,22,25). The number of amidine groups is 1. The lowest BCUT2D eigenvalue weighted by atomic mass is 9.91. The van der Waals surface area contributed by atoms with Crippen molar-refractivity contribution in [1.29, 1.82) is 0 Å². The number of benzene rings is 1. The molecule has 0 radical (unpaired) electrons. The number of ether oxygens (including phenoxy) is 1. The summed E-state index contributed by atoms with van der Waals surface area (Å²) in [6, 6.07) is 3.21. The topological polar surface area (TPSA) is 128 Å². The van der Waals surface area contributed by atoms with E-state index in [1.165, 1.54) is 20.8 Å². The minimum atomic E-state index is -3.42. The Balaban J connectivity index is 2.59. The van der Waals surface area contributed by atoms with Gasteiger partial charge in [-0.2, -0.15) is 10.6 Å². The molecule has 1 aromatic carbocycles. The van der Waals surface area contributed by atoms with Crippen molar-refractivity contribution < 1.29 is 32.9 Å². The van der Waals surface area contributed by atoms with E-state index >= 15 is 0 Å². The van der Waals surface area contributed by atoms with Gasteiger partial charge in [0.05, 0.1) is 11.3 Å². The molecule has 1 amide bonds. The first-order valence-corrected chi connectivity index (χ1v) is 10.6. The zero-order valence-electron chi connectivity index (χ0n) is 17.2. The third kappa shape index (κ3) is 4.71. The first-order valence-electron chi connectivity index (χ1n) is 8.88. The molecule has 0 aromatic heterocycles. The van der Waals surface area contributed by atoms with Crippen LogP contribution >= 0.6 is 10.6 Å². The van der Waals surface area contributed by atoms with Gasteiger partial charge in [0.25, 0.3) is 0 Å². The minimum Gasteiger partial charge on any atom is -0.478 e. The van der Waals surface area contributed by atoms with Crippen LogP contribution in [0.3, 0.4) is 0 Å². The van der Waals surface area contributed by atoms with Gasteiger partial charge in [0.2, 0.25) is 0 Å². The van der Waals surface area contributed by atoms with E-state index in [1.807, 2.05) is 0 Å². The highest BCUT2D eigenvalue weighted by Gasteiger charge is 2.51. The van der Waals surface area contributed by atoms with Crippen LogP contribution in [0.1, 0.15) is 57.5 Å². The third-order valence-electron chi connectivity index (χ3n) is 4.64. The van der Waals surface area contributed by atoms with Gasteiger partial charge in [0.15, 0.2) is 0 Å². The monoisotopic (exact) mass is 430 g/mol. The summed E-state index contributed by atoms with van der Waals surface area (Å²) in [5.41, 5.74) is -2.59. The molecule has 0 bridgehead atoms. The van der Waals surface area contributed by atoms with Crippen LogP contribution in [-0.2, 0) is 10.3 Å². The van der Waals surface area contributed by atoms with Gasteiger partial charge in [-0.25, -0.2) is 14.0 Å². The van der Waals surface area contributed by atoms with Gasteiger partial charge in [0.1, 0.15) is 27.5 Å². The molecule has 0 saturated carbocycles. The second-order valence-corrected chi connectivity index (χ2v) is 11.3. The fraction of sp³-hybridized carbons (Fsp3) is 0.526. The Morgan fingerprint density at radius 2 is 1.83 bits per heavy atom. The normalized spacial score (nSPS) is 24.2. The lowest BCUT2D eigenvalue weighted by Crippen LogP contribution is -2.55. The van der Waals surface area contributed by atoms with Gasteiger partial charge in [-0.15, -0.1) is 0 Å². The number of aromatic carboxylic acids is 1. The van der Waals surface area contributed by atoms with Crippen LogP contribution < -0.4 is 5.32 Å². The van der Waals surface area contributed by atoms with Gasteiger partial charge in [-0.1, -0.05) is 0 Å². The van der Waals surface area contributed by atoms with Gasteiger partial charge in [0, 0.05) is 5.56 Å². The number of hydrogen-bond donors (Lipinski definition) is 4. The zero-order chi connectivity index (χ0) is 22.4. The summed E-state index contributed by atoms with van der Waals surface area (Å²) >= 11 is 0. The molecule has 1 atom stereocenters. The zero-order valence-corrected chi connectivity index (χ0v) is 18.1. The Labute approximate surface area is 170 Å². The number of nitrogens with one attached hydrogen (secondary N) is 1. The molecular weight excluding hydrogens is 403 g/mol. The Morgan fingerprint density at radius 1 is 1.24 bits per heavy atom. The van der Waals surface area contributed by atoms with Crippen molar-refractivity contribution in [2.24, 2.45) is 4.99 Å². The summed E-state index contributed by atoms with van der Waals surface area (Å²) in [6.07, 6.45) is -0.844. The summed E-state index contributed by atoms with van der Waals surface area (Å²) in [5, 5.41) is 11.7.